The van der Waals surface area contributed by atoms with E-state index in [-0.39, 0.29) is 5.56 Å². The molecule has 0 aliphatic carbocycles. The molecule has 0 saturated carbocycles. The van der Waals surface area contributed by atoms with E-state index in [1.54, 1.807) is 18.3 Å². The first-order chi connectivity index (χ1) is 10.8. The second kappa shape index (κ2) is 5.45. The Morgan fingerprint density at radius 1 is 1.22 bits per heavy atom. The highest BCUT2D eigenvalue weighted by Crippen LogP contribution is 2.33. The highest BCUT2D eigenvalue weighted by atomic mass is 35.5. The van der Waals surface area contributed by atoms with E-state index in [1.165, 1.54) is 12.1 Å². The fourth-order valence-corrected chi connectivity index (χ4v) is 2.54. The molecule has 0 bridgehead atoms. The van der Waals surface area contributed by atoms with E-state index in [9.17, 15) is 8.78 Å². The van der Waals surface area contributed by atoms with Crippen LogP contribution in [0.4, 0.5) is 14.5 Å². The molecule has 0 unspecified atom stereocenters. The molecule has 7 heteroatoms. The van der Waals surface area contributed by atoms with Gasteiger partial charge >= 0.3 is 0 Å². The smallest absolute Gasteiger partial charge is 0.270 e. The van der Waals surface area contributed by atoms with Gasteiger partial charge in [0.1, 0.15) is 11.0 Å². The van der Waals surface area contributed by atoms with Crippen LogP contribution in [0.25, 0.3) is 22.4 Å². The quantitative estimate of drug-likeness (QED) is 0.718. The van der Waals surface area contributed by atoms with Crippen molar-refractivity contribution in [2.45, 2.75) is 12.8 Å². The Bertz CT molecular complexity index is 868. The van der Waals surface area contributed by atoms with Gasteiger partial charge in [0.2, 0.25) is 0 Å². The fraction of sp³-hybridized carbons (Fsp3) is 0.250. The zero-order valence-electron chi connectivity index (χ0n) is 12.9. The summed E-state index contributed by atoms with van der Waals surface area (Å²) in [4.78, 5) is 13.5. The minimum atomic E-state index is -2.89. The van der Waals surface area contributed by atoms with Crippen molar-refractivity contribution in [2.24, 2.45) is 0 Å². The molecule has 4 nitrogen and oxygen atoms in total. The number of nitrogens with one attached hydrogen (secondary N) is 1. The number of imidazole rings is 1. The molecule has 0 aliphatic rings. The number of aromatic nitrogens is 3. The number of benzene rings is 1. The van der Waals surface area contributed by atoms with E-state index in [4.69, 9.17) is 11.6 Å². The van der Waals surface area contributed by atoms with Gasteiger partial charge in [-0.2, -0.15) is 0 Å². The standard InChI is InChI=1S/C16H15ClF2N4/c1-16(18,19)9-4-5-11-12(6-9)22-15(21-11)10-8-20-14(17)7-13(10)23(2)3/h4-8H,1-3H3,(H,21,22). The molecule has 0 atom stereocenters. The molecule has 2 aromatic heterocycles. The highest BCUT2D eigenvalue weighted by molar-refractivity contribution is 6.29. The number of pyridine rings is 1. The molecule has 0 aliphatic heterocycles. The second-order valence-electron chi connectivity index (χ2n) is 5.62. The van der Waals surface area contributed by atoms with Crippen LogP contribution in [-0.2, 0) is 5.92 Å². The molecule has 0 saturated heterocycles. The Morgan fingerprint density at radius 2 is 1.96 bits per heavy atom. The maximum absolute atomic E-state index is 13.5. The van der Waals surface area contributed by atoms with E-state index in [0.717, 1.165) is 18.2 Å². The largest absolute Gasteiger partial charge is 0.377 e. The third-order valence-corrected chi connectivity index (χ3v) is 3.78. The molecule has 0 radical (unpaired) electrons. The lowest BCUT2D eigenvalue weighted by Gasteiger charge is -2.16. The zero-order valence-corrected chi connectivity index (χ0v) is 13.6. The number of anilines is 1. The van der Waals surface area contributed by atoms with Gasteiger partial charge in [0.25, 0.3) is 5.92 Å². The second-order valence-corrected chi connectivity index (χ2v) is 6.01. The van der Waals surface area contributed by atoms with Crippen LogP contribution in [-0.4, -0.2) is 29.0 Å². The highest BCUT2D eigenvalue weighted by Gasteiger charge is 2.25. The minimum Gasteiger partial charge on any atom is -0.377 e. The Hall–Kier alpha value is -2.21. The molecule has 0 amide bonds. The van der Waals surface area contributed by atoms with Crippen molar-refractivity contribution in [3.63, 3.8) is 0 Å². The maximum Gasteiger partial charge on any atom is 0.270 e. The predicted molar refractivity (Wildman–Crippen MR) is 88.2 cm³/mol. The number of alkyl halides is 2. The summed E-state index contributed by atoms with van der Waals surface area (Å²) in [5.41, 5.74) is 2.71. The normalized spacial score (nSPS) is 11.9. The minimum absolute atomic E-state index is 0.0535. The van der Waals surface area contributed by atoms with Gasteiger partial charge in [0.15, 0.2) is 0 Å². The Morgan fingerprint density at radius 3 is 2.61 bits per heavy atom. The molecular weight excluding hydrogens is 322 g/mol. The molecule has 2 heterocycles. The van der Waals surface area contributed by atoms with Gasteiger partial charge in [-0.3, -0.25) is 0 Å². The Labute approximate surface area is 137 Å². The molecule has 23 heavy (non-hydrogen) atoms. The summed E-state index contributed by atoms with van der Waals surface area (Å²) < 4.78 is 26.9. The monoisotopic (exact) mass is 336 g/mol. The average Bonchev–Trinajstić information content (AvgIpc) is 2.88. The molecule has 0 fully saturated rings. The molecule has 120 valence electrons. The van der Waals surface area contributed by atoms with Crippen LogP contribution >= 0.6 is 11.6 Å². The summed E-state index contributed by atoms with van der Waals surface area (Å²) in [6.07, 6.45) is 1.62. The third kappa shape index (κ3) is 2.99. The van der Waals surface area contributed by atoms with E-state index in [2.05, 4.69) is 15.0 Å². The number of aromatic amines is 1. The van der Waals surface area contributed by atoms with Gasteiger partial charge in [-0.1, -0.05) is 17.7 Å². The summed E-state index contributed by atoms with van der Waals surface area (Å²) in [6.45, 7) is 0.874. The van der Waals surface area contributed by atoms with Crippen LogP contribution in [0.3, 0.4) is 0 Å². The molecule has 0 spiro atoms. The van der Waals surface area contributed by atoms with Gasteiger partial charge < -0.3 is 9.88 Å². The number of halogens is 3. The molecular formula is C16H15ClF2N4. The van der Waals surface area contributed by atoms with E-state index < -0.39 is 5.92 Å². The van der Waals surface area contributed by atoms with Crippen molar-refractivity contribution < 1.29 is 8.78 Å². The molecule has 1 aromatic carbocycles. The van der Waals surface area contributed by atoms with Crippen molar-refractivity contribution in [2.75, 3.05) is 19.0 Å². The van der Waals surface area contributed by atoms with Crippen LogP contribution in [0.15, 0.2) is 30.5 Å². The number of hydrogen-bond donors (Lipinski definition) is 1. The molecule has 3 aromatic rings. The first-order valence-corrected chi connectivity index (χ1v) is 7.35. The van der Waals surface area contributed by atoms with Crippen molar-refractivity contribution in [1.29, 1.82) is 0 Å². The summed E-state index contributed by atoms with van der Waals surface area (Å²) >= 11 is 5.95. The van der Waals surface area contributed by atoms with Gasteiger partial charge in [-0.15, -0.1) is 0 Å². The van der Waals surface area contributed by atoms with Crippen LogP contribution in [0.2, 0.25) is 5.15 Å². The number of nitrogens with zero attached hydrogens (tertiary/aromatic N) is 3. The van der Waals surface area contributed by atoms with Gasteiger partial charge in [-0.25, -0.2) is 18.7 Å². The number of H-pyrrole nitrogens is 1. The van der Waals surface area contributed by atoms with Crippen LogP contribution in [0, 0.1) is 0 Å². The van der Waals surface area contributed by atoms with Gasteiger partial charge in [0, 0.05) is 32.8 Å². The lowest BCUT2D eigenvalue weighted by molar-refractivity contribution is 0.0176. The predicted octanol–water partition coefficient (Wildman–Crippen LogP) is 4.46. The van der Waals surface area contributed by atoms with E-state index in [1.807, 2.05) is 19.0 Å². The average molecular weight is 337 g/mol. The number of hydrogen-bond acceptors (Lipinski definition) is 3. The van der Waals surface area contributed by atoms with Crippen LogP contribution in [0.1, 0.15) is 12.5 Å². The van der Waals surface area contributed by atoms with Crippen molar-refractivity contribution in [1.82, 2.24) is 15.0 Å². The third-order valence-electron chi connectivity index (χ3n) is 3.57. The first kappa shape index (κ1) is 15.7. The fourth-order valence-electron chi connectivity index (χ4n) is 2.38. The zero-order chi connectivity index (χ0) is 16.8. The van der Waals surface area contributed by atoms with E-state index >= 15 is 0 Å². The van der Waals surface area contributed by atoms with Crippen molar-refractivity contribution in [3.8, 4) is 11.4 Å². The summed E-state index contributed by atoms with van der Waals surface area (Å²) in [5.74, 6) is -2.33. The van der Waals surface area contributed by atoms with Gasteiger partial charge in [-0.05, 0) is 18.2 Å². The maximum atomic E-state index is 13.5. The van der Waals surface area contributed by atoms with Crippen LogP contribution in [0.5, 0.6) is 0 Å². The Kier molecular flexibility index (Phi) is 3.72. The topological polar surface area (TPSA) is 44.8 Å². The number of rotatable bonds is 3. The SMILES string of the molecule is CN(C)c1cc(Cl)ncc1-c1nc2ccc(C(C)(F)F)cc2[nH]1. The Balaban J connectivity index is 2.15. The molecule has 1 N–H and O–H groups in total. The van der Waals surface area contributed by atoms with Crippen molar-refractivity contribution >= 4 is 28.3 Å². The summed E-state index contributed by atoms with van der Waals surface area (Å²) in [7, 11) is 3.76. The first-order valence-electron chi connectivity index (χ1n) is 6.97. The molecule has 3 rings (SSSR count). The van der Waals surface area contributed by atoms with E-state index in [0.29, 0.717) is 22.0 Å². The lowest BCUT2D eigenvalue weighted by atomic mass is 10.1. The summed E-state index contributed by atoms with van der Waals surface area (Å²) in [6, 6.07) is 6.13. The van der Waals surface area contributed by atoms with Crippen LogP contribution < -0.4 is 4.90 Å². The van der Waals surface area contributed by atoms with Gasteiger partial charge in [0.05, 0.1) is 22.3 Å². The summed E-state index contributed by atoms with van der Waals surface area (Å²) in [5, 5.41) is 0.376. The van der Waals surface area contributed by atoms with Crippen molar-refractivity contribution in [3.05, 3.63) is 41.2 Å². The number of fused-ring (bicyclic) bond motifs is 1. The lowest BCUT2D eigenvalue weighted by Crippen LogP contribution is -2.10.